The first-order chi connectivity index (χ1) is 9.38. The Kier molecular flexibility index (Phi) is 5.32. The fourth-order valence-corrected chi connectivity index (χ4v) is 1.97. The molecule has 98 valence electrons. The van der Waals surface area contributed by atoms with E-state index >= 15 is 0 Å². The zero-order valence-electron chi connectivity index (χ0n) is 10.9. The normalized spacial score (nSPS) is 12.0. The number of hydrogen-bond donors (Lipinski definition) is 0. The van der Waals surface area contributed by atoms with E-state index in [4.69, 9.17) is 4.74 Å². The number of rotatable bonds is 7. The summed E-state index contributed by atoms with van der Waals surface area (Å²) < 4.78 is 5.61. The van der Waals surface area contributed by atoms with Crippen molar-refractivity contribution in [3.63, 3.8) is 0 Å². The number of carbonyl (C=O) groups excluding carboxylic acids is 1. The van der Waals surface area contributed by atoms with Gasteiger partial charge in [-0.3, -0.25) is 0 Å². The molecule has 2 aromatic carbocycles. The summed E-state index contributed by atoms with van der Waals surface area (Å²) in [5.41, 5.74) is 2.30. The third-order valence-electron chi connectivity index (χ3n) is 2.98. The van der Waals surface area contributed by atoms with Crippen LogP contribution < -0.4 is 0 Å². The second-order valence-electron chi connectivity index (χ2n) is 4.59. The van der Waals surface area contributed by atoms with Crippen molar-refractivity contribution >= 4 is 6.29 Å². The van der Waals surface area contributed by atoms with Crippen molar-refractivity contribution in [2.24, 2.45) is 5.92 Å². The van der Waals surface area contributed by atoms with Gasteiger partial charge in [0.15, 0.2) is 0 Å². The van der Waals surface area contributed by atoms with Gasteiger partial charge in [0.2, 0.25) is 0 Å². The highest BCUT2D eigenvalue weighted by molar-refractivity contribution is 5.54. The Morgan fingerprint density at radius 1 is 0.895 bits per heavy atom. The average molecular weight is 254 g/mol. The highest BCUT2D eigenvalue weighted by atomic mass is 16.5. The Hall–Kier alpha value is -1.93. The third kappa shape index (κ3) is 4.68. The van der Waals surface area contributed by atoms with Crippen LogP contribution >= 0.6 is 0 Å². The van der Waals surface area contributed by atoms with Crippen LogP contribution in [0, 0.1) is 5.92 Å². The van der Waals surface area contributed by atoms with Crippen molar-refractivity contribution in [1.82, 2.24) is 0 Å². The van der Waals surface area contributed by atoms with Crippen LogP contribution in [0.2, 0.25) is 0 Å². The van der Waals surface area contributed by atoms with Crippen molar-refractivity contribution in [1.29, 1.82) is 0 Å². The molecule has 0 aromatic heterocycles. The Balaban J connectivity index is 1.78. The highest BCUT2D eigenvalue weighted by Crippen LogP contribution is 2.09. The van der Waals surface area contributed by atoms with Crippen LogP contribution in [0.25, 0.3) is 0 Å². The quantitative estimate of drug-likeness (QED) is 0.709. The average Bonchev–Trinajstić information content (AvgIpc) is 2.48. The lowest BCUT2D eigenvalue weighted by Crippen LogP contribution is -2.14. The lowest BCUT2D eigenvalue weighted by Gasteiger charge is -2.11. The smallest absolute Gasteiger partial charge is 0.125 e. The molecule has 1 atom stereocenters. The summed E-state index contributed by atoms with van der Waals surface area (Å²) >= 11 is 0. The molecular weight excluding hydrogens is 236 g/mol. The summed E-state index contributed by atoms with van der Waals surface area (Å²) in [6.07, 6.45) is 1.72. The first-order valence-corrected chi connectivity index (χ1v) is 6.49. The van der Waals surface area contributed by atoms with Gasteiger partial charge in [-0.25, -0.2) is 0 Å². The van der Waals surface area contributed by atoms with Crippen LogP contribution in [0.5, 0.6) is 0 Å². The molecule has 0 bridgehead atoms. The maximum atomic E-state index is 11.1. The van der Waals surface area contributed by atoms with E-state index in [0.717, 1.165) is 18.3 Å². The molecule has 2 heteroatoms. The van der Waals surface area contributed by atoms with E-state index in [1.165, 1.54) is 5.56 Å². The van der Waals surface area contributed by atoms with E-state index < -0.39 is 0 Å². The summed E-state index contributed by atoms with van der Waals surface area (Å²) in [6, 6.07) is 20.0. The van der Waals surface area contributed by atoms with Crippen LogP contribution in [-0.2, 0) is 22.6 Å². The predicted molar refractivity (Wildman–Crippen MR) is 75.8 cm³/mol. The monoisotopic (exact) mass is 254 g/mol. The van der Waals surface area contributed by atoms with Crippen LogP contribution in [0.1, 0.15) is 11.1 Å². The van der Waals surface area contributed by atoms with E-state index in [1.807, 2.05) is 60.7 Å². The summed E-state index contributed by atoms with van der Waals surface area (Å²) in [5, 5.41) is 0. The minimum atomic E-state index is -0.0777. The molecule has 0 spiro atoms. The van der Waals surface area contributed by atoms with Gasteiger partial charge in [-0.15, -0.1) is 0 Å². The zero-order chi connectivity index (χ0) is 13.3. The van der Waals surface area contributed by atoms with Gasteiger partial charge in [0, 0.05) is 5.92 Å². The lowest BCUT2D eigenvalue weighted by atomic mass is 10.0. The Labute approximate surface area is 114 Å². The zero-order valence-corrected chi connectivity index (χ0v) is 10.9. The summed E-state index contributed by atoms with van der Waals surface area (Å²) in [7, 11) is 0. The Morgan fingerprint density at radius 3 is 2.05 bits per heavy atom. The highest BCUT2D eigenvalue weighted by Gasteiger charge is 2.08. The first-order valence-electron chi connectivity index (χ1n) is 6.49. The van der Waals surface area contributed by atoms with Crippen LogP contribution in [0.3, 0.4) is 0 Å². The first kappa shape index (κ1) is 13.5. The standard InChI is InChI=1S/C17H18O2/c18-12-17(11-15-7-3-1-4-8-15)14-19-13-16-9-5-2-6-10-16/h1-10,12,17H,11,13-14H2. The van der Waals surface area contributed by atoms with Gasteiger partial charge in [-0.05, 0) is 17.5 Å². The second-order valence-corrected chi connectivity index (χ2v) is 4.59. The van der Waals surface area contributed by atoms with Gasteiger partial charge in [0.25, 0.3) is 0 Å². The molecule has 0 fully saturated rings. The molecule has 0 N–H and O–H groups in total. The summed E-state index contributed by atoms with van der Waals surface area (Å²) in [4.78, 5) is 11.1. The molecule has 0 saturated heterocycles. The molecule has 2 nitrogen and oxygen atoms in total. The van der Waals surface area contributed by atoms with E-state index in [0.29, 0.717) is 13.2 Å². The van der Waals surface area contributed by atoms with Gasteiger partial charge < -0.3 is 9.53 Å². The molecule has 0 aliphatic heterocycles. The van der Waals surface area contributed by atoms with Crippen molar-refractivity contribution in [2.75, 3.05) is 6.61 Å². The van der Waals surface area contributed by atoms with Gasteiger partial charge in [-0.2, -0.15) is 0 Å². The van der Waals surface area contributed by atoms with E-state index in [2.05, 4.69) is 0 Å². The number of carbonyl (C=O) groups is 1. The van der Waals surface area contributed by atoms with Crippen molar-refractivity contribution < 1.29 is 9.53 Å². The molecular formula is C17H18O2. The molecule has 0 heterocycles. The fraction of sp³-hybridized carbons (Fsp3) is 0.235. The summed E-state index contributed by atoms with van der Waals surface area (Å²) in [6.45, 7) is 1.02. The molecule has 1 unspecified atom stereocenters. The SMILES string of the molecule is O=CC(COCc1ccccc1)Cc1ccccc1. The van der Waals surface area contributed by atoms with E-state index in [1.54, 1.807) is 0 Å². The third-order valence-corrected chi connectivity index (χ3v) is 2.98. The minimum Gasteiger partial charge on any atom is -0.376 e. The van der Waals surface area contributed by atoms with E-state index in [-0.39, 0.29) is 5.92 Å². The minimum absolute atomic E-state index is 0.0777. The van der Waals surface area contributed by atoms with Crippen LogP contribution in [-0.4, -0.2) is 12.9 Å². The molecule has 0 saturated carbocycles. The van der Waals surface area contributed by atoms with Crippen molar-refractivity contribution in [3.8, 4) is 0 Å². The topological polar surface area (TPSA) is 26.3 Å². The molecule has 0 amide bonds. The van der Waals surface area contributed by atoms with Crippen molar-refractivity contribution in [3.05, 3.63) is 71.8 Å². The Bertz CT molecular complexity index is 479. The lowest BCUT2D eigenvalue weighted by molar-refractivity contribution is -0.113. The molecule has 19 heavy (non-hydrogen) atoms. The van der Waals surface area contributed by atoms with E-state index in [9.17, 15) is 4.79 Å². The largest absolute Gasteiger partial charge is 0.376 e. The molecule has 0 radical (unpaired) electrons. The number of hydrogen-bond acceptors (Lipinski definition) is 2. The van der Waals surface area contributed by atoms with Gasteiger partial charge in [-0.1, -0.05) is 60.7 Å². The van der Waals surface area contributed by atoms with Gasteiger partial charge in [0.05, 0.1) is 13.2 Å². The molecule has 0 aliphatic carbocycles. The maximum Gasteiger partial charge on any atom is 0.125 e. The Morgan fingerprint density at radius 2 is 1.47 bits per heavy atom. The van der Waals surface area contributed by atoms with Crippen LogP contribution in [0.15, 0.2) is 60.7 Å². The van der Waals surface area contributed by atoms with Crippen LogP contribution in [0.4, 0.5) is 0 Å². The van der Waals surface area contributed by atoms with Gasteiger partial charge >= 0.3 is 0 Å². The van der Waals surface area contributed by atoms with Gasteiger partial charge in [0.1, 0.15) is 6.29 Å². The second kappa shape index (κ2) is 7.49. The molecule has 0 aliphatic rings. The number of benzene rings is 2. The fourth-order valence-electron chi connectivity index (χ4n) is 1.97. The number of ether oxygens (including phenoxy) is 1. The number of aldehydes is 1. The van der Waals surface area contributed by atoms with Crippen molar-refractivity contribution in [2.45, 2.75) is 13.0 Å². The predicted octanol–water partition coefficient (Wildman–Crippen LogP) is 3.26. The maximum absolute atomic E-state index is 11.1. The molecule has 2 rings (SSSR count). The summed E-state index contributed by atoms with van der Waals surface area (Å²) in [5.74, 6) is -0.0777. The molecule has 2 aromatic rings.